The Bertz CT molecular complexity index is 454. The maximum absolute atomic E-state index is 11.9. The van der Waals surface area contributed by atoms with E-state index in [9.17, 15) is 13.2 Å². The first-order chi connectivity index (χ1) is 9.91. The first-order valence-electron chi connectivity index (χ1n) is 8.05. The second-order valence-electron chi connectivity index (χ2n) is 6.49. The van der Waals surface area contributed by atoms with Crippen LogP contribution in [0.25, 0.3) is 0 Å². The predicted octanol–water partition coefficient (Wildman–Crippen LogP) is 1.62. The molecule has 0 aromatic heterocycles. The van der Waals surface area contributed by atoms with Crippen LogP contribution in [0.1, 0.15) is 46.0 Å². The Morgan fingerprint density at radius 1 is 1.24 bits per heavy atom. The number of hydrogen-bond donors (Lipinski definition) is 0. The maximum atomic E-state index is 11.9. The molecule has 2 fully saturated rings. The first kappa shape index (κ1) is 16.7. The van der Waals surface area contributed by atoms with Gasteiger partial charge in [0.25, 0.3) is 0 Å². The van der Waals surface area contributed by atoms with Crippen molar-refractivity contribution in [1.82, 2.24) is 4.90 Å². The minimum absolute atomic E-state index is 0.0123. The SMILES string of the molecule is CCCCC(=O)OC1CS(=O)(=O)CC1N1CCC(C)CC1. The van der Waals surface area contributed by atoms with Crippen LogP contribution in [-0.4, -0.2) is 56.0 Å². The topological polar surface area (TPSA) is 63.7 Å². The zero-order valence-electron chi connectivity index (χ0n) is 13.1. The summed E-state index contributed by atoms with van der Waals surface area (Å²) in [5, 5.41) is 0. The monoisotopic (exact) mass is 317 g/mol. The van der Waals surface area contributed by atoms with Crippen molar-refractivity contribution in [3.63, 3.8) is 0 Å². The lowest BCUT2D eigenvalue weighted by atomic mass is 9.97. The molecule has 2 rings (SSSR count). The van der Waals surface area contributed by atoms with Gasteiger partial charge in [0, 0.05) is 6.42 Å². The molecule has 0 bridgehead atoms. The van der Waals surface area contributed by atoms with Gasteiger partial charge in [0.2, 0.25) is 0 Å². The zero-order valence-corrected chi connectivity index (χ0v) is 13.9. The molecule has 2 atom stereocenters. The lowest BCUT2D eigenvalue weighted by Crippen LogP contribution is -2.48. The summed E-state index contributed by atoms with van der Waals surface area (Å²) in [6, 6.07) is -0.145. The quantitative estimate of drug-likeness (QED) is 0.721. The van der Waals surface area contributed by atoms with E-state index < -0.39 is 15.9 Å². The van der Waals surface area contributed by atoms with Crippen molar-refractivity contribution in [1.29, 1.82) is 0 Å². The largest absolute Gasteiger partial charge is 0.460 e. The second-order valence-corrected chi connectivity index (χ2v) is 8.65. The number of esters is 1. The summed E-state index contributed by atoms with van der Waals surface area (Å²) in [5.41, 5.74) is 0. The number of carbonyl (C=O) groups excluding carboxylic acids is 1. The fourth-order valence-electron chi connectivity index (χ4n) is 3.16. The molecular weight excluding hydrogens is 290 g/mol. The lowest BCUT2D eigenvalue weighted by molar-refractivity contribution is -0.150. The number of unbranched alkanes of at least 4 members (excludes halogenated alkanes) is 1. The van der Waals surface area contributed by atoms with Gasteiger partial charge in [0.1, 0.15) is 6.10 Å². The number of likely N-dealkylation sites (tertiary alicyclic amines) is 1. The summed E-state index contributed by atoms with van der Waals surface area (Å²) >= 11 is 0. The van der Waals surface area contributed by atoms with E-state index in [0.717, 1.165) is 38.8 Å². The minimum atomic E-state index is -3.09. The van der Waals surface area contributed by atoms with E-state index in [1.807, 2.05) is 6.92 Å². The van der Waals surface area contributed by atoms with Gasteiger partial charge >= 0.3 is 5.97 Å². The molecular formula is C15H27NO4S. The molecule has 0 aromatic rings. The molecule has 0 radical (unpaired) electrons. The van der Waals surface area contributed by atoms with E-state index in [-0.39, 0.29) is 23.5 Å². The Morgan fingerprint density at radius 2 is 1.90 bits per heavy atom. The highest BCUT2D eigenvalue weighted by atomic mass is 32.2. The van der Waals surface area contributed by atoms with Crippen LogP contribution in [0.15, 0.2) is 0 Å². The molecule has 0 aliphatic carbocycles. The van der Waals surface area contributed by atoms with Crippen LogP contribution in [0.3, 0.4) is 0 Å². The van der Waals surface area contributed by atoms with Gasteiger partial charge in [0.15, 0.2) is 9.84 Å². The Hall–Kier alpha value is -0.620. The van der Waals surface area contributed by atoms with Gasteiger partial charge < -0.3 is 4.74 Å². The third kappa shape index (κ3) is 4.68. The Balaban J connectivity index is 1.98. The summed E-state index contributed by atoms with van der Waals surface area (Å²) in [5.74, 6) is 0.563. The van der Waals surface area contributed by atoms with Crippen LogP contribution in [0.2, 0.25) is 0 Å². The van der Waals surface area contributed by atoms with Gasteiger partial charge in [-0.1, -0.05) is 20.3 Å². The smallest absolute Gasteiger partial charge is 0.306 e. The van der Waals surface area contributed by atoms with Crippen LogP contribution in [0.5, 0.6) is 0 Å². The van der Waals surface area contributed by atoms with Crippen molar-refractivity contribution in [2.24, 2.45) is 5.92 Å². The molecule has 5 nitrogen and oxygen atoms in total. The van der Waals surface area contributed by atoms with Gasteiger partial charge in [-0.15, -0.1) is 0 Å². The van der Waals surface area contributed by atoms with Gasteiger partial charge in [-0.25, -0.2) is 8.42 Å². The van der Waals surface area contributed by atoms with Crippen LogP contribution in [-0.2, 0) is 19.4 Å². The number of piperidine rings is 1. The molecule has 2 unspecified atom stereocenters. The van der Waals surface area contributed by atoms with E-state index in [0.29, 0.717) is 12.3 Å². The zero-order chi connectivity index (χ0) is 15.5. The van der Waals surface area contributed by atoms with E-state index >= 15 is 0 Å². The van der Waals surface area contributed by atoms with Crippen molar-refractivity contribution in [2.45, 2.75) is 58.1 Å². The van der Waals surface area contributed by atoms with Crippen molar-refractivity contribution in [3.8, 4) is 0 Å². The molecule has 0 N–H and O–H groups in total. The average molecular weight is 317 g/mol. The molecule has 2 saturated heterocycles. The second kappa shape index (κ2) is 7.09. The van der Waals surface area contributed by atoms with E-state index in [1.165, 1.54) is 0 Å². The summed E-state index contributed by atoms with van der Waals surface area (Å²) in [4.78, 5) is 14.0. The van der Waals surface area contributed by atoms with Gasteiger partial charge in [-0.05, 0) is 38.3 Å². The predicted molar refractivity (Wildman–Crippen MR) is 81.8 cm³/mol. The Morgan fingerprint density at radius 3 is 2.52 bits per heavy atom. The number of carbonyl (C=O) groups is 1. The average Bonchev–Trinajstić information content (AvgIpc) is 2.72. The molecule has 122 valence electrons. The van der Waals surface area contributed by atoms with E-state index in [4.69, 9.17) is 4.74 Å². The molecule has 2 aliphatic rings. The number of nitrogens with zero attached hydrogens (tertiary/aromatic N) is 1. The van der Waals surface area contributed by atoms with Gasteiger partial charge in [0.05, 0.1) is 17.5 Å². The summed E-state index contributed by atoms with van der Waals surface area (Å²) < 4.78 is 29.4. The Kier molecular flexibility index (Phi) is 5.66. The molecule has 2 aliphatic heterocycles. The highest BCUT2D eigenvalue weighted by Crippen LogP contribution is 2.26. The molecule has 0 amide bonds. The van der Waals surface area contributed by atoms with Crippen LogP contribution in [0, 0.1) is 5.92 Å². The van der Waals surface area contributed by atoms with Crippen molar-refractivity contribution < 1.29 is 17.9 Å². The van der Waals surface area contributed by atoms with Gasteiger partial charge in [-0.2, -0.15) is 0 Å². The number of sulfone groups is 1. The van der Waals surface area contributed by atoms with Gasteiger partial charge in [-0.3, -0.25) is 9.69 Å². The molecule has 0 spiro atoms. The highest BCUT2D eigenvalue weighted by Gasteiger charge is 2.43. The highest BCUT2D eigenvalue weighted by molar-refractivity contribution is 7.91. The number of hydrogen-bond acceptors (Lipinski definition) is 5. The maximum Gasteiger partial charge on any atom is 0.306 e. The number of rotatable bonds is 5. The van der Waals surface area contributed by atoms with Crippen LogP contribution in [0.4, 0.5) is 0 Å². The number of ether oxygens (including phenoxy) is 1. The fourth-order valence-corrected chi connectivity index (χ4v) is 5.03. The third-order valence-corrected chi connectivity index (χ3v) is 6.26. The van der Waals surface area contributed by atoms with Crippen molar-refractivity contribution >= 4 is 15.8 Å². The van der Waals surface area contributed by atoms with Crippen LogP contribution >= 0.6 is 0 Å². The fraction of sp³-hybridized carbons (Fsp3) is 0.933. The van der Waals surface area contributed by atoms with Crippen molar-refractivity contribution in [3.05, 3.63) is 0 Å². The molecule has 21 heavy (non-hydrogen) atoms. The van der Waals surface area contributed by atoms with E-state index in [1.54, 1.807) is 0 Å². The molecule has 2 heterocycles. The molecule has 0 aromatic carbocycles. The normalized spacial score (nSPS) is 30.4. The summed E-state index contributed by atoms with van der Waals surface area (Å²) in [6.45, 7) is 6.06. The summed E-state index contributed by atoms with van der Waals surface area (Å²) in [7, 11) is -3.09. The summed E-state index contributed by atoms with van der Waals surface area (Å²) in [6.07, 6.45) is 3.82. The van der Waals surface area contributed by atoms with Crippen molar-refractivity contribution in [2.75, 3.05) is 24.6 Å². The molecule has 6 heteroatoms. The third-order valence-electron chi connectivity index (χ3n) is 4.58. The molecule has 0 saturated carbocycles. The lowest BCUT2D eigenvalue weighted by Gasteiger charge is -2.36. The van der Waals surface area contributed by atoms with Crippen LogP contribution < -0.4 is 0 Å². The first-order valence-corrected chi connectivity index (χ1v) is 9.87. The minimum Gasteiger partial charge on any atom is -0.460 e. The van der Waals surface area contributed by atoms with E-state index in [2.05, 4.69) is 11.8 Å². The standard InChI is InChI=1S/C15H27NO4S/c1-3-4-5-15(17)20-14-11-21(18,19)10-13(14)16-8-6-12(2)7-9-16/h12-14H,3-11H2,1-2H3. The Labute approximate surface area is 127 Å².